The number of aromatic amines is 1. The Morgan fingerprint density at radius 1 is 1.53 bits per heavy atom. The van der Waals surface area contributed by atoms with E-state index in [0.717, 1.165) is 32.4 Å². The molecule has 0 aromatic carbocycles. The third kappa shape index (κ3) is 3.56. The summed E-state index contributed by atoms with van der Waals surface area (Å²) in [5.41, 5.74) is 0.543. The van der Waals surface area contributed by atoms with E-state index in [1.54, 1.807) is 12.3 Å². The predicted molar refractivity (Wildman–Crippen MR) is 72.7 cm³/mol. The maximum absolute atomic E-state index is 12.1. The number of aromatic nitrogens is 2. The number of carbonyl (C=O) groups is 1. The quantitative estimate of drug-likeness (QED) is 0.870. The lowest BCUT2D eigenvalue weighted by atomic mass is 9.87. The minimum atomic E-state index is -0.232. The molecule has 2 heterocycles. The smallest absolute Gasteiger partial charge is 0.271 e. The van der Waals surface area contributed by atoms with Crippen molar-refractivity contribution in [3.63, 3.8) is 0 Å². The van der Waals surface area contributed by atoms with Crippen molar-refractivity contribution in [2.75, 3.05) is 13.1 Å². The van der Waals surface area contributed by atoms with Gasteiger partial charge in [0.05, 0.1) is 6.10 Å². The molecule has 0 aliphatic carbocycles. The van der Waals surface area contributed by atoms with Crippen LogP contribution in [0.2, 0.25) is 0 Å². The Hall–Kier alpha value is -1.36. The number of nitrogens with one attached hydrogen (secondary N) is 1. The highest BCUT2D eigenvalue weighted by Gasteiger charge is 2.28. The van der Waals surface area contributed by atoms with Crippen molar-refractivity contribution in [3.8, 4) is 0 Å². The Morgan fingerprint density at radius 2 is 2.21 bits per heavy atom. The number of rotatable bonds is 4. The number of likely N-dealkylation sites (tertiary alicyclic amines) is 1. The van der Waals surface area contributed by atoms with Crippen molar-refractivity contribution in [2.24, 2.45) is 11.8 Å². The largest absolute Gasteiger partial charge is 0.393 e. The van der Waals surface area contributed by atoms with Crippen molar-refractivity contribution in [1.29, 1.82) is 0 Å². The van der Waals surface area contributed by atoms with E-state index < -0.39 is 0 Å². The molecule has 1 aliphatic rings. The number of aliphatic hydroxyl groups excluding tert-OH is 1. The molecule has 1 fully saturated rings. The lowest BCUT2D eigenvalue weighted by Gasteiger charge is -2.34. The SMILES string of the molecule is CC(C)CC(O)C1CCN(C(=O)c2ccn[nH]2)CC1. The van der Waals surface area contributed by atoms with Gasteiger partial charge in [0.25, 0.3) is 5.91 Å². The van der Waals surface area contributed by atoms with E-state index in [-0.39, 0.29) is 12.0 Å². The van der Waals surface area contributed by atoms with Crippen LogP contribution < -0.4 is 0 Å². The highest BCUT2D eigenvalue weighted by atomic mass is 16.3. The molecule has 1 unspecified atom stereocenters. The van der Waals surface area contributed by atoms with Gasteiger partial charge in [0, 0.05) is 19.3 Å². The molecule has 0 bridgehead atoms. The summed E-state index contributed by atoms with van der Waals surface area (Å²) in [6, 6.07) is 1.70. The van der Waals surface area contributed by atoms with Gasteiger partial charge in [-0.3, -0.25) is 9.89 Å². The van der Waals surface area contributed by atoms with Crippen LogP contribution in [-0.2, 0) is 0 Å². The summed E-state index contributed by atoms with van der Waals surface area (Å²) in [5, 5.41) is 16.6. The van der Waals surface area contributed by atoms with E-state index in [2.05, 4.69) is 24.0 Å². The second-order valence-corrected chi connectivity index (χ2v) is 5.80. The van der Waals surface area contributed by atoms with Crippen LogP contribution >= 0.6 is 0 Å². The van der Waals surface area contributed by atoms with Crippen LogP contribution in [0.5, 0.6) is 0 Å². The first kappa shape index (κ1) is 14.1. The Balaban J connectivity index is 1.84. The lowest BCUT2D eigenvalue weighted by molar-refractivity contribution is 0.0382. The van der Waals surface area contributed by atoms with Gasteiger partial charge in [-0.15, -0.1) is 0 Å². The van der Waals surface area contributed by atoms with Crippen molar-refractivity contribution < 1.29 is 9.90 Å². The summed E-state index contributed by atoms with van der Waals surface area (Å²) in [4.78, 5) is 13.9. The maximum atomic E-state index is 12.1. The lowest BCUT2D eigenvalue weighted by Crippen LogP contribution is -2.41. The molecule has 1 aliphatic heterocycles. The molecule has 0 spiro atoms. The first-order chi connectivity index (χ1) is 9.08. The van der Waals surface area contributed by atoms with Gasteiger partial charge in [-0.2, -0.15) is 5.10 Å². The number of H-pyrrole nitrogens is 1. The van der Waals surface area contributed by atoms with Crippen molar-refractivity contribution >= 4 is 5.91 Å². The molecular formula is C14H23N3O2. The van der Waals surface area contributed by atoms with Crippen LogP contribution in [-0.4, -0.2) is 45.3 Å². The van der Waals surface area contributed by atoms with Gasteiger partial charge >= 0.3 is 0 Å². The van der Waals surface area contributed by atoms with E-state index in [0.29, 0.717) is 17.5 Å². The second kappa shape index (κ2) is 6.19. The van der Waals surface area contributed by atoms with Gasteiger partial charge in [0.2, 0.25) is 0 Å². The van der Waals surface area contributed by atoms with Gasteiger partial charge in [-0.25, -0.2) is 0 Å². The summed E-state index contributed by atoms with van der Waals surface area (Å²) >= 11 is 0. The average molecular weight is 265 g/mol. The van der Waals surface area contributed by atoms with Gasteiger partial charge in [0.1, 0.15) is 5.69 Å². The summed E-state index contributed by atoms with van der Waals surface area (Å²) in [6.07, 6.45) is 3.97. The van der Waals surface area contributed by atoms with Gasteiger partial charge in [-0.1, -0.05) is 13.8 Å². The molecule has 1 amide bonds. The monoisotopic (exact) mass is 265 g/mol. The van der Waals surface area contributed by atoms with E-state index in [9.17, 15) is 9.90 Å². The zero-order chi connectivity index (χ0) is 13.8. The second-order valence-electron chi connectivity index (χ2n) is 5.80. The fourth-order valence-corrected chi connectivity index (χ4v) is 2.71. The number of nitrogens with zero attached hydrogens (tertiary/aromatic N) is 2. The van der Waals surface area contributed by atoms with Gasteiger partial charge in [-0.05, 0) is 37.2 Å². The molecule has 5 nitrogen and oxygen atoms in total. The maximum Gasteiger partial charge on any atom is 0.271 e. The standard InChI is InChI=1S/C14H23N3O2/c1-10(2)9-13(18)11-4-7-17(8-5-11)14(19)12-3-6-15-16-12/h3,6,10-11,13,18H,4-5,7-9H2,1-2H3,(H,15,16). The summed E-state index contributed by atoms with van der Waals surface area (Å²) < 4.78 is 0. The molecule has 0 radical (unpaired) electrons. The zero-order valence-corrected chi connectivity index (χ0v) is 11.7. The molecular weight excluding hydrogens is 242 g/mol. The fraction of sp³-hybridized carbons (Fsp3) is 0.714. The normalized spacial score (nSPS) is 18.8. The predicted octanol–water partition coefficient (Wildman–Crippen LogP) is 1.67. The third-order valence-electron chi connectivity index (χ3n) is 3.82. The average Bonchev–Trinajstić information content (AvgIpc) is 2.91. The first-order valence-electron chi connectivity index (χ1n) is 7.04. The fourth-order valence-electron chi connectivity index (χ4n) is 2.71. The molecule has 1 aromatic heterocycles. The van der Waals surface area contributed by atoms with Gasteiger partial charge < -0.3 is 10.0 Å². The van der Waals surface area contributed by atoms with Crippen molar-refractivity contribution in [3.05, 3.63) is 18.0 Å². The summed E-state index contributed by atoms with van der Waals surface area (Å²) in [6.45, 7) is 5.69. The zero-order valence-electron chi connectivity index (χ0n) is 11.7. The Morgan fingerprint density at radius 3 is 2.74 bits per heavy atom. The molecule has 19 heavy (non-hydrogen) atoms. The number of hydrogen-bond donors (Lipinski definition) is 2. The van der Waals surface area contributed by atoms with Crippen LogP contribution in [0.3, 0.4) is 0 Å². The van der Waals surface area contributed by atoms with Crippen molar-refractivity contribution in [2.45, 2.75) is 39.2 Å². The minimum Gasteiger partial charge on any atom is -0.393 e. The number of aliphatic hydroxyl groups is 1. The Bertz CT molecular complexity index is 395. The van der Waals surface area contributed by atoms with Crippen LogP contribution in [0, 0.1) is 11.8 Å². The molecule has 1 saturated heterocycles. The molecule has 1 aromatic rings. The number of amides is 1. The molecule has 1 atom stereocenters. The highest BCUT2D eigenvalue weighted by Crippen LogP contribution is 2.25. The number of hydrogen-bond acceptors (Lipinski definition) is 3. The van der Waals surface area contributed by atoms with E-state index in [1.807, 2.05) is 4.90 Å². The Kier molecular flexibility index (Phi) is 4.58. The van der Waals surface area contributed by atoms with E-state index in [4.69, 9.17) is 0 Å². The van der Waals surface area contributed by atoms with Crippen molar-refractivity contribution in [1.82, 2.24) is 15.1 Å². The molecule has 2 N–H and O–H groups in total. The van der Waals surface area contributed by atoms with E-state index >= 15 is 0 Å². The first-order valence-corrected chi connectivity index (χ1v) is 7.04. The molecule has 0 saturated carbocycles. The topological polar surface area (TPSA) is 69.2 Å². The van der Waals surface area contributed by atoms with Gasteiger partial charge in [0.15, 0.2) is 0 Å². The van der Waals surface area contributed by atoms with Crippen LogP contribution in [0.1, 0.15) is 43.6 Å². The van der Waals surface area contributed by atoms with Crippen LogP contribution in [0.25, 0.3) is 0 Å². The minimum absolute atomic E-state index is 0.00861. The molecule has 5 heteroatoms. The van der Waals surface area contributed by atoms with Crippen LogP contribution in [0.4, 0.5) is 0 Å². The van der Waals surface area contributed by atoms with E-state index in [1.165, 1.54) is 0 Å². The number of piperidine rings is 1. The Labute approximate surface area is 114 Å². The highest BCUT2D eigenvalue weighted by molar-refractivity contribution is 5.92. The molecule has 106 valence electrons. The molecule has 2 rings (SSSR count). The van der Waals surface area contributed by atoms with Crippen LogP contribution in [0.15, 0.2) is 12.3 Å². The summed E-state index contributed by atoms with van der Waals surface area (Å²) in [7, 11) is 0. The number of carbonyl (C=O) groups excluding carboxylic acids is 1. The summed E-state index contributed by atoms with van der Waals surface area (Å²) in [5.74, 6) is 0.849. The third-order valence-corrected chi connectivity index (χ3v) is 3.82.